The van der Waals surface area contributed by atoms with Crippen molar-refractivity contribution in [3.8, 4) is 0 Å². The van der Waals surface area contributed by atoms with Crippen molar-refractivity contribution in [1.82, 2.24) is 14.5 Å². The molecule has 0 aliphatic rings. The van der Waals surface area contributed by atoms with E-state index in [0.29, 0.717) is 0 Å². The quantitative estimate of drug-likeness (QED) is 0.942. The first-order valence-corrected chi connectivity index (χ1v) is 6.75. The molecule has 0 spiro atoms. The molecule has 4 nitrogen and oxygen atoms in total. The number of nitrogens with zero attached hydrogens (tertiary/aromatic N) is 2. The number of hydrogen-bond acceptors (Lipinski definition) is 2. The Bertz CT molecular complexity index is 655. The highest BCUT2D eigenvalue weighted by molar-refractivity contribution is 5.85. The SMILES string of the molecule is CCC(C)(C)NCc1ccc2c(c1)n(C)c(=O)n2C.Cl. The van der Waals surface area contributed by atoms with Gasteiger partial charge in [0.05, 0.1) is 11.0 Å². The number of halogens is 1. The molecule has 0 atom stereocenters. The second-order valence-electron chi connectivity index (χ2n) is 5.81. The minimum Gasteiger partial charge on any atom is -0.308 e. The van der Waals surface area contributed by atoms with Crippen LogP contribution < -0.4 is 11.0 Å². The summed E-state index contributed by atoms with van der Waals surface area (Å²) in [6.07, 6.45) is 1.08. The number of benzene rings is 1. The van der Waals surface area contributed by atoms with Gasteiger partial charge in [-0.2, -0.15) is 0 Å². The number of nitrogens with one attached hydrogen (secondary N) is 1. The number of imidazole rings is 1. The molecule has 0 radical (unpaired) electrons. The lowest BCUT2D eigenvalue weighted by Crippen LogP contribution is -2.37. The Labute approximate surface area is 126 Å². The lowest BCUT2D eigenvalue weighted by Gasteiger charge is -2.24. The van der Waals surface area contributed by atoms with Crippen molar-refractivity contribution in [2.45, 2.75) is 39.3 Å². The molecule has 1 N–H and O–H groups in total. The summed E-state index contributed by atoms with van der Waals surface area (Å²) in [4.78, 5) is 11.9. The van der Waals surface area contributed by atoms with Crippen molar-refractivity contribution in [2.75, 3.05) is 0 Å². The molecule has 0 unspecified atom stereocenters. The van der Waals surface area contributed by atoms with E-state index in [-0.39, 0.29) is 23.6 Å². The van der Waals surface area contributed by atoms with E-state index < -0.39 is 0 Å². The lowest BCUT2D eigenvalue weighted by atomic mass is 10.0. The van der Waals surface area contributed by atoms with Gasteiger partial charge in [-0.05, 0) is 38.0 Å². The highest BCUT2D eigenvalue weighted by Gasteiger charge is 2.14. The number of fused-ring (bicyclic) bond motifs is 1. The molecule has 2 aromatic rings. The second kappa shape index (κ2) is 6.02. The first-order valence-electron chi connectivity index (χ1n) is 6.75. The fourth-order valence-electron chi connectivity index (χ4n) is 2.13. The summed E-state index contributed by atoms with van der Waals surface area (Å²) in [5.41, 5.74) is 3.33. The Balaban J connectivity index is 0.00000200. The number of aromatic nitrogens is 2. The molecular weight excluding hydrogens is 274 g/mol. The van der Waals surface area contributed by atoms with E-state index in [9.17, 15) is 4.79 Å². The van der Waals surface area contributed by atoms with E-state index >= 15 is 0 Å². The Morgan fingerprint density at radius 1 is 1.15 bits per heavy atom. The molecule has 2 rings (SSSR count). The van der Waals surface area contributed by atoms with Gasteiger partial charge in [0.15, 0.2) is 0 Å². The van der Waals surface area contributed by atoms with Crippen LogP contribution in [0.15, 0.2) is 23.0 Å². The zero-order valence-corrected chi connectivity index (χ0v) is 13.7. The van der Waals surface area contributed by atoms with Crippen LogP contribution in [0.2, 0.25) is 0 Å². The average molecular weight is 298 g/mol. The summed E-state index contributed by atoms with van der Waals surface area (Å²) in [6, 6.07) is 6.20. The van der Waals surface area contributed by atoms with Gasteiger partial charge in [0.2, 0.25) is 0 Å². The Hall–Kier alpha value is -1.26. The minimum atomic E-state index is 0. The van der Waals surface area contributed by atoms with Crippen molar-refractivity contribution in [2.24, 2.45) is 14.1 Å². The highest BCUT2D eigenvalue weighted by atomic mass is 35.5. The third-order valence-corrected chi connectivity index (χ3v) is 3.99. The van der Waals surface area contributed by atoms with E-state index in [0.717, 1.165) is 24.0 Å². The topological polar surface area (TPSA) is 39.0 Å². The molecule has 0 saturated heterocycles. The largest absolute Gasteiger partial charge is 0.328 e. The van der Waals surface area contributed by atoms with Crippen LogP contribution in [-0.2, 0) is 20.6 Å². The van der Waals surface area contributed by atoms with Crippen LogP contribution in [0, 0.1) is 0 Å². The first-order chi connectivity index (χ1) is 8.85. The molecule has 1 aromatic heterocycles. The van der Waals surface area contributed by atoms with Crippen LogP contribution in [0.4, 0.5) is 0 Å². The summed E-state index contributed by atoms with van der Waals surface area (Å²) in [7, 11) is 3.63. The van der Waals surface area contributed by atoms with Crippen LogP contribution in [-0.4, -0.2) is 14.7 Å². The number of hydrogen-bond donors (Lipinski definition) is 1. The van der Waals surface area contributed by atoms with Crippen LogP contribution in [0.5, 0.6) is 0 Å². The molecule has 0 saturated carbocycles. The van der Waals surface area contributed by atoms with Crippen molar-refractivity contribution in [3.05, 3.63) is 34.2 Å². The van der Waals surface area contributed by atoms with Gasteiger partial charge in [-0.15, -0.1) is 12.4 Å². The van der Waals surface area contributed by atoms with Gasteiger partial charge in [0.1, 0.15) is 0 Å². The maximum absolute atomic E-state index is 11.9. The maximum Gasteiger partial charge on any atom is 0.328 e. The Morgan fingerprint density at radius 3 is 2.35 bits per heavy atom. The molecular formula is C15H24ClN3O. The van der Waals surface area contributed by atoms with Gasteiger partial charge in [-0.1, -0.05) is 13.0 Å². The third kappa shape index (κ3) is 3.07. The van der Waals surface area contributed by atoms with Crippen LogP contribution in [0.1, 0.15) is 32.8 Å². The summed E-state index contributed by atoms with van der Waals surface area (Å²) < 4.78 is 3.38. The highest BCUT2D eigenvalue weighted by Crippen LogP contribution is 2.15. The first kappa shape index (κ1) is 16.8. The zero-order valence-electron chi connectivity index (χ0n) is 12.9. The summed E-state index contributed by atoms with van der Waals surface area (Å²) in [5, 5.41) is 3.54. The molecule has 112 valence electrons. The molecule has 0 amide bonds. The van der Waals surface area contributed by atoms with E-state index in [2.05, 4.69) is 38.2 Å². The van der Waals surface area contributed by atoms with Crippen molar-refractivity contribution < 1.29 is 0 Å². The zero-order chi connectivity index (χ0) is 14.2. The maximum atomic E-state index is 11.9. The van der Waals surface area contributed by atoms with Gasteiger partial charge in [-0.25, -0.2) is 4.79 Å². The molecule has 1 heterocycles. The molecule has 0 aliphatic carbocycles. The summed E-state index contributed by atoms with van der Waals surface area (Å²) in [6.45, 7) is 7.39. The van der Waals surface area contributed by atoms with Crippen molar-refractivity contribution in [3.63, 3.8) is 0 Å². The fourth-order valence-corrected chi connectivity index (χ4v) is 2.13. The summed E-state index contributed by atoms with van der Waals surface area (Å²) >= 11 is 0. The Kier molecular flexibility index (Phi) is 5.05. The summed E-state index contributed by atoms with van der Waals surface area (Å²) in [5.74, 6) is 0. The standard InChI is InChI=1S/C15H23N3O.ClH/c1-6-15(2,3)16-10-11-7-8-12-13(9-11)18(5)14(19)17(12)4;/h7-9,16H,6,10H2,1-5H3;1H. The van der Waals surface area contributed by atoms with Gasteiger partial charge < -0.3 is 5.32 Å². The van der Waals surface area contributed by atoms with Crippen molar-refractivity contribution >= 4 is 23.4 Å². The monoisotopic (exact) mass is 297 g/mol. The Morgan fingerprint density at radius 2 is 1.75 bits per heavy atom. The average Bonchev–Trinajstić information content (AvgIpc) is 2.62. The molecule has 0 aliphatic heterocycles. The van der Waals surface area contributed by atoms with E-state index in [1.54, 1.807) is 9.13 Å². The molecule has 20 heavy (non-hydrogen) atoms. The number of rotatable bonds is 4. The molecule has 0 bridgehead atoms. The number of aryl methyl sites for hydroxylation is 2. The smallest absolute Gasteiger partial charge is 0.308 e. The van der Waals surface area contributed by atoms with Crippen molar-refractivity contribution in [1.29, 1.82) is 0 Å². The van der Waals surface area contributed by atoms with E-state index in [1.807, 2.05) is 20.2 Å². The third-order valence-electron chi connectivity index (χ3n) is 3.99. The fraction of sp³-hybridized carbons (Fsp3) is 0.533. The van der Waals surface area contributed by atoms with Crippen LogP contribution in [0.25, 0.3) is 11.0 Å². The normalized spacial score (nSPS) is 11.7. The van der Waals surface area contributed by atoms with Gasteiger partial charge in [0, 0.05) is 26.2 Å². The molecule has 5 heteroatoms. The predicted octanol–water partition coefficient (Wildman–Crippen LogP) is 2.58. The van der Waals surface area contributed by atoms with Gasteiger partial charge in [0.25, 0.3) is 0 Å². The molecule has 1 aromatic carbocycles. The molecule has 0 fully saturated rings. The van der Waals surface area contributed by atoms with E-state index in [4.69, 9.17) is 0 Å². The van der Waals surface area contributed by atoms with Gasteiger partial charge >= 0.3 is 5.69 Å². The second-order valence-corrected chi connectivity index (χ2v) is 5.81. The lowest BCUT2D eigenvalue weighted by molar-refractivity contribution is 0.374. The van der Waals surface area contributed by atoms with E-state index in [1.165, 1.54) is 5.56 Å². The predicted molar refractivity (Wildman–Crippen MR) is 86.6 cm³/mol. The van der Waals surface area contributed by atoms with Crippen LogP contribution >= 0.6 is 12.4 Å². The minimum absolute atomic E-state index is 0. The van der Waals surface area contributed by atoms with Crippen LogP contribution in [0.3, 0.4) is 0 Å². The van der Waals surface area contributed by atoms with Gasteiger partial charge in [-0.3, -0.25) is 9.13 Å².